The molecule has 5 aromatic heterocycles. The van der Waals surface area contributed by atoms with Gasteiger partial charge in [0.15, 0.2) is 0 Å². The lowest BCUT2D eigenvalue weighted by atomic mass is 9.70. The van der Waals surface area contributed by atoms with E-state index in [-0.39, 0.29) is 0 Å². The van der Waals surface area contributed by atoms with Crippen molar-refractivity contribution in [2.45, 2.75) is 5.41 Å². The van der Waals surface area contributed by atoms with E-state index in [1.54, 1.807) is 0 Å². The van der Waals surface area contributed by atoms with Gasteiger partial charge in [-0.3, -0.25) is 15.0 Å². The van der Waals surface area contributed by atoms with E-state index in [4.69, 9.17) is 4.98 Å². The average molecular weight is 726 g/mol. The van der Waals surface area contributed by atoms with Crippen LogP contribution in [0.3, 0.4) is 0 Å². The van der Waals surface area contributed by atoms with Crippen LogP contribution in [0.2, 0.25) is 0 Å². The van der Waals surface area contributed by atoms with Crippen LogP contribution >= 0.6 is 0 Å². The summed E-state index contributed by atoms with van der Waals surface area (Å²) in [7, 11) is 0. The van der Waals surface area contributed by atoms with E-state index in [0.717, 1.165) is 39.0 Å². The molecule has 5 heterocycles. The molecule has 5 heteroatoms. The van der Waals surface area contributed by atoms with Crippen molar-refractivity contribution in [2.24, 2.45) is 0 Å². The van der Waals surface area contributed by atoms with Crippen molar-refractivity contribution in [3.05, 3.63) is 211 Å². The Bertz CT molecular complexity index is 3340. The minimum atomic E-state index is -0.483. The standard InChI is InChI=1S/C52H31N5/c1-4-12-41-36(9-1)38-27-30-53-31-43(38)52(41)42-13-5-2-10-37(42)39-25-26-45-48(49(39)52)40-11-3-6-14-44(40)56(45)34-21-17-32(18-22-34)33-19-23-35(24-20-33)57-46-15-7-28-54-50(46)51-47(57)16-8-29-55-51/h1-31H. The quantitative estimate of drug-likeness (QED) is 0.182. The Labute approximate surface area is 327 Å². The van der Waals surface area contributed by atoms with Crippen LogP contribution in [-0.2, 0) is 5.41 Å². The normalized spacial score (nSPS) is 15.1. The zero-order valence-corrected chi connectivity index (χ0v) is 30.6. The Balaban J connectivity index is 0.979. The molecule has 1 spiro atoms. The molecular formula is C52H31N5. The first kappa shape index (κ1) is 30.7. The summed E-state index contributed by atoms with van der Waals surface area (Å²) >= 11 is 0. The van der Waals surface area contributed by atoms with E-state index in [0.29, 0.717) is 0 Å². The maximum atomic E-state index is 4.76. The molecule has 13 rings (SSSR count). The van der Waals surface area contributed by atoms with E-state index < -0.39 is 5.41 Å². The molecule has 0 fully saturated rings. The van der Waals surface area contributed by atoms with Crippen LogP contribution in [0.15, 0.2) is 189 Å². The van der Waals surface area contributed by atoms with Gasteiger partial charge in [-0.05, 0) is 122 Å². The van der Waals surface area contributed by atoms with Gasteiger partial charge in [-0.1, -0.05) is 97.1 Å². The van der Waals surface area contributed by atoms with Crippen molar-refractivity contribution in [1.29, 1.82) is 0 Å². The molecule has 0 N–H and O–H groups in total. The predicted octanol–water partition coefficient (Wildman–Crippen LogP) is 12.1. The molecule has 0 saturated carbocycles. The van der Waals surface area contributed by atoms with Gasteiger partial charge in [0.2, 0.25) is 0 Å². The van der Waals surface area contributed by atoms with Crippen LogP contribution in [0, 0.1) is 0 Å². The summed E-state index contributed by atoms with van der Waals surface area (Å²) in [6, 6.07) is 59.8. The van der Waals surface area contributed by atoms with Crippen molar-refractivity contribution in [1.82, 2.24) is 24.1 Å². The van der Waals surface area contributed by atoms with Gasteiger partial charge in [0.05, 0.1) is 27.5 Å². The number of rotatable bonds is 3. The van der Waals surface area contributed by atoms with Crippen LogP contribution in [0.1, 0.15) is 22.3 Å². The highest BCUT2D eigenvalue weighted by atomic mass is 15.0. The summed E-state index contributed by atoms with van der Waals surface area (Å²) in [6.45, 7) is 0. The first-order chi connectivity index (χ1) is 28.3. The summed E-state index contributed by atoms with van der Waals surface area (Å²) < 4.78 is 4.70. The van der Waals surface area contributed by atoms with Crippen LogP contribution in [0.4, 0.5) is 0 Å². The van der Waals surface area contributed by atoms with Gasteiger partial charge in [0.25, 0.3) is 0 Å². The lowest BCUT2D eigenvalue weighted by Gasteiger charge is -2.30. The second-order valence-electron chi connectivity index (χ2n) is 15.2. The Kier molecular flexibility index (Phi) is 6.04. The number of nitrogens with zero attached hydrogens (tertiary/aromatic N) is 5. The minimum absolute atomic E-state index is 0.483. The largest absolute Gasteiger partial charge is 0.309 e. The monoisotopic (exact) mass is 725 g/mol. The lowest BCUT2D eigenvalue weighted by molar-refractivity contribution is 0.796. The lowest BCUT2D eigenvalue weighted by Crippen LogP contribution is -2.26. The fourth-order valence-electron chi connectivity index (χ4n) is 10.3. The van der Waals surface area contributed by atoms with Gasteiger partial charge in [0, 0.05) is 46.9 Å². The molecule has 2 aliphatic rings. The van der Waals surface area contributed by atoms with Crippen LogP contribution in [0.5, 0.6) is 0 Å². The summed E-state index contributed by atoms with van der Waals surface area (Å²) in [5.74, 6) is 0. The van der Waals surface area contributed by atoms with E-state index in [9.17, 15) is 0 Å². The molecule has 1 unspecified atom stereocenters. The van der Waals surface area contributed by atoms with Crippen LogP contribution < -0.4 is 0 Å². The highest BCUT2D eigenvalue weighted by molar-refractivity contribution is 6.16. The van der Waals surface area contributed by atoms with Crippen molar-refractivity contribution >= 4 is 43.9 Å². The third kappa shape index (κ3) is 3.90. The highest BCUT2D eigenvalue weighted by Crippen LogP contribution is 2.64. The van der Waals surface area contributed by atoms with Crippen molar-refractivity contribution in [3.63, 3.8) is 0 Å². The molecule has 11 aromatic rings. The molecule has 0 radical (unpaired) electrons. The second kappa shape index (κ2) is 11.2. The molecule has 5 nitrogen and oxygen atoms in total. The Morgan fingerprint density at radius 2 is 0.930 bits per heavy atom. The average Bonchev–Trinajstić information content (AvgIpc) is 3.99. The van der Waals surface area contributed by atoms with Gasteiger partial charge in [0.1, 0.15) is 11.0 Å². The SMILES string of the molecule is c1ccc2c(c1)-c1ccncc1C21c2ccccc2-c2ccc3c(c21)c1ccccc1n3-c1ccc(-c2ccc(-n3c4cccnc4c4ncccc43)cc2)cc1. The molecule has 264 valence electrons. The number of benzene rings is 6. The van der Waals surface area contributed by atoms with Crippen molar-refractivity contribution < 1.29 is 0 Å². The van der Waals surface area contributed by atoms with Crippen LogP contribution in [-0.4, -0.2) is 24.1 Å². The Morgan fingerprint density at radius 3 is 1.60 bits per heavy atom. The number of aromatic nitrogens is 5. The summed E-state index contributed by atoms with van der Waals surface area (Å²) in [6.07, 6.45) is 7.71. The molecule has 0 bridgehead atoms. The first-order valence-corrected chi connectivity index (χ1v) is 19.4. The van der Waals surface area contributed by atoms with E-state index in [1.807, 2.05) is 30.7 Å². The zero-order valence-electron chi connectivity index (χ0n) is 30.6. The fraction of sp³-hybridized carbons (Fsp3) is 0.0192. The number of hydrogen-bond donors (Lipinski definition) is 0. The van der Waals surface area contributed by atoms with E-state index >= 15 is 0 Å². The van der Waals surface area contributed by atoms with Crippen molar-refractivity contribution in [3.8, 4) is 44.8 Å². The molecule has 57 heavy (non-hydrogen) atoms. The van der Waals surface area contributed by atoms with Gasteiger partial charge >= 0.3 is 0 Å². The predicted molar refractivity (Wildman–Crippen MR) is 230 cm³/mol. The summed E-state index contributed by atoms with van der Waals surface area (Å²) in [5, 5.41) is 2.54. The van der Waals surface area contributed by atoms with E-state index in [2.05, 4.69) is 177 Å². The third-order valence-corrected chi connectivity index (χ3v) is 12.5. The van der Waals surface area contributed by atoms with Gasteiger partial charge in [-0.15, -0.1) is 0 Å². The maximum absolute atomic E-state index is 4.76. The van der Waals surface area contributed by atoms with Crippen LogP contribution in [0.25, 0.3) is 88.6 Å². The van der Waals surface area contributed by atoms with Crippen molar-refractivity contribution in [2.75, 3.05) is 0 Å². The zero-order chi connectivity index (χ0) is 37.2. The Hall–Kier alpha value is -7.63. The smallest absolute Gasteiger partial charge is 0.115 e. The Morgan fingerprint density at radius 1 is 0.386 bits per heavy atom. The summed E-state index contributed by atoms with van der Waals surface area (Å²) in [5.41, 5.74) is 20.7. The van der Waals surface area contributed by atoms with Gasteiger partial charge in [-0.25, -0.2) is 0 Å². The molecule has 0 aliphatic heterocycles. The molecule has 0 saturated heterocycles. The topological polar surface area (TPSA) is 48.5 Å². The molecule has 0 amide bonds. The van der Waals surface area contributed by atoms with Gasteiger partial charge in [-0.2, -0.15) is 0 Å². The number of hydrogen-bond acceptors (Lipinski definition) is 3. The number of fused-ring (bicyclic) bond motifs is 17. The first-order valence-electron chi connectivity index (χ1n) is 19.4. The third-order valence-electron chi connectivity index (χ3n) is 12.5. The highest BCUT2D eigenvalue weighted by Gasteiger charge is 2.53. The summed E-state index contributed by atoms with van der Waals surface area (Å²) in [4.78, 5) is 14.1. The minimum Gasteiger partial charge on any atom is -0.309 e. The number of para-hydroxylation sites is 1. The fourth-order valence-corrected chi connectivity index (χ4v) is 10.3. The second-order valence-corrected chi connectivity index (χ2v) is 15.2. The molecule has 1 atom stereocenters. The van der Waals surface area contributed by atoms with Gasteiger partial charge < -0.3 is 9.13 Å². The molecular weight excluding hydrogens is 695 g/mol. The maximum Gasteiger partial charge on any atom is 0.115 e. The number of pyridine rings is 3. The molecule has 6 aromatic carbocycles. The van der Waals surface area contributed by atoms with E-state index in [1.165, 1.54) is 71.9 Å². The molecule has 2 aliphatic carbocycles.